The van der Waals surface area contributed by atoms with Gasteiger partial charge in [-0.15, -0.1) is 0 Å². The second kappa shape index (κ2) is 6.92. The van der Waals surface area contributed by atoms with Crippen molar-refractivity contribution in [3.63, 3.8) is 0 Å². The van der Waals surface area contributed by atoms with Crippen LogP contribution in [0, 0.1) is 0 Å². The smallest absolute Gasteiger partial charge is 0.224 e. The van der Waals surface area contributed by atoms with E-state index < -0.39 is 0 Å². The third kappa shape index (κ3) is 4.22. The Morgan fingerprint density at radius 2 is 2.21 bits per heavy atom. The standard InChI is InChI=1S/C15H21ClN2O/c1-18-11-5-4-6-12(18)9-10-15(19)17-14-8-3-2-7-13(14)16/h2-3,7-8,12H,4-6,9-11H2,1H3,(H,17,19). The molecule has 3 nitrogen and oxygen atoms in total. The van der Waals surface area contributed by atoms with Crippen molar-refractivity contribution in [2.75, 3.05) is 18.9 Å². The van der Waals surface area contributed by atoms with Gasteiger partial charge in [0, 0.05) is 12.5 Å². The highest BCUT2D eigenvalue weighted by Crippen LogP contribution is 2.22. The Hall–Kier alpha value is -1.06. The normalized spacial score (nSPS) is 20.2. The zero-order valence-corrected chi connectivity index (χ0v) is 12.1. The van der Waals surface area contributed by atoms with Crippen LogP contribution >= 0.6 is 11.6 Å². The maximum Gasteiger partial charge on any atom is 0.224 e. The van der Waals surface area contributed by atoms with E-state index in [2.05, 4.69) is 17.3 Å². The molecule has 19 heavy (non-hydrogen) atoms. The molecule has 1 saturated heterocycles. The van der Waals surface area contributed by atoms with E-state index in [0.717, 1.165) is 13.0 Å². The first-order valence-electron chi connectivity index (χ1n) is 6.91. The van der Waals surface area contributed by atoms with Crippen LogP contribution in [0.2, 0.25) is 5.02 Å². The fourth-order valence-electron chi connectivity index (χ4n) is 2.58. The number of nitrogens with zero attached hydrogens (tertiary/aromatic N) is 1. The van der Waals surface area contributed by atoms with Crippen LogP contribution in [-0.4, -0.2) is 30.4 Å². The lowest BCUT2D eigenvalue weighted by molar-refractivity contribution is -0.116. The Morgan fingerprint density at radius 3 is 2.95 bits per heavy atom. The third-order valence-corrected chi connectivity index (χ3v) is 4.10. The predicted molar refractivity (Wildman–Crippen MR) is 79.6 cm³/mol. The summed E-state index contributed by atoms with van der Waals surface area (Å²) in [5.41, 5.74) is 0.700. The molecular formula is C15H21ClN2O. The molecule has 0 spiro atoms. The fourth-order valence-corrected chi connectivity index (χ4v) is 2.76. The van der Waals surface area contributed by atoms with Crippen molar-refractivity contribution in [1.29, 1.82) is 0 Å². The van der Waals surface area contributed by atoms with Crippen LogP contribution in [0.1, 0.15) is 32.1 Å². The largest absolute Gasteiger partial charge is 0.325 e. The van der Waals surface area contributed by atoms with E-state index in [4.69, 9.17) is 11.6 Å². The van der Waals surface area contributed by atoms with Crippen LogP contribution in [-0.2, 0) is 4.79 Å². The maximum atomic E-state index is 11.9. The van der Waals surface area contributed by atoms with Crippen LogP contribution < -0.4 is 5.32 Å². The summed E-state index contributed by atoms with van der Waals surface area (Å²) in [6.45, 7) is 1.15. The van der Waals surface area contributed by atoms with Crippen molar-refractivity contribution in [2.24, 2.45) is 0 Å². The number of halogens is 1. The lowest BCUT2D eigenvalue weighted by atomic mass is 9.98. The molecule has 0 radical (unpaired) electrons. The average molecular weight is 281 g/mol. The van der Waals surface area contributed by atoms with Gasteiger partial charge in [0.25, 0.3) is 0 Å². The Morgan fingerprint density at radius 1 is 1.42 bits per heavy atom. The molecule has 1 N–H and O–H groups in total. The van der Waals surface area contributed by atoms with E-state index in [9.17, 15) is 4.79 Å². The minimum atomic E-state index is 0.0482. The molecule has 1 aliphatic heterocycles. The van der Waals surface area contributed by atoms with Gasteiger partial charge in [0.2, 0.25) is 5.91 Å². The summed E-state index contributed by atoms with van der Waals surface area (Å²) in [6.07, 6.45) is 5.24. The number of rotatable bonds is 4. The Kier molecular flexibility index (Phi) is 5.23. The van der Waals surface area contributed by atoms with Crippen LogP contribution in [0.5, 0.6) is 0 Å². The summed E-state index contributed by atoms with van der Waals surface area (Å²) < 4.78 is 0. The molecule has 1 atom stereocenters. The Balaban J connectivity index is 1.80. The highest BCUT2D eigenvalue weighted by Gasteiger charge is 2.19. The van der Waals surface area contributed by atoms with Crippen molar-refractivity contribution in [2.45, 2.75) is 38.1 Å². The van der Waals surface area contributed by atoms with Crippen LogP contribution in [0.15, 0.2) is 24.3 Å². The molecular weight excluding hydrogens is 260 g/mol. The molecule has 1 aromatic rings. The maximum absolute atomic E-state index is 11.9. The summed E-state index contributed by atoms with van der Waals surface area (Å²) in [6, 6.07) is 7.88. The van der Waals surface area contributed by atoms with E-state index in [1.54, 1.807) is 6.07 Å². The van der Waals surface area contributed by atoms with Gasteiger partial charge in [-0.3, -0.25) is 4.79 Å². The van der Waals surface area contributed by atoms with Gasteiger partial charge in [-0.2, -0.15) is 0 Å². The van der Waals surface area contributed by atoms with Gasteiger partial charge in [0.1, 0.15) is 0 Å². The number of piperidine rings is 1. The second-order valence-corrected chi connectivity index (χ2v) is 5.60. The topological polar surface area (TPSA) is 32.3 Å². The average Bonchev–Trinajstić information content (AvgIpc) is 2.40. The summed E-state index contributed by atoms with van der Waals surface area (Å²) in [4.78, 5) is 14.3. The lowest BCUT2D eigenvalue weighted by Crippen LogP contribution is -2.36. The van der Waals surface area contributed by atoms with Gasteiger partial charge >= 0.3 is 0 Å². The molecule has 0 bridgehead atoms. The minimum absolute atomic E-state index is 0.0482. The van der Waals surface area contributed by atoms with Crippen molar-refractivity contribution in [3.8, 4) is 0 Å². The zero-order chi connectivity index (χ0) is 13.7. The SMILES string of the molecule is CN1CCCCC1CCC(=O)Nc1ccccc1Cl. The first kappa shape index (κ1) is 14.4. The molecule has 4 heteroatoms. The number of benzene rings is 1. The first-order chi connectivity index (χ1) is 9.16. The molecule has 1 unspecified atom stereocenters. The number of carbonyl (C=O) groups excluding carboxylic acids is 1. The first-order valence-corrected chi connectivity index (χ1v) is 7.29. The van der Waals surface area contributed by atoms with Gasteiger partial charge in [-0.25, -0.2) is 0 Å². The highest BCUT2D eigenvalue weighted by atomic mass is 35.5. The third-order valence-electron chi connectivity index (χ3n) is 3.77. The zero-order valence-electron chi connectivity index (χ0n) is 11.4. The summed E-state index contributed by atoms with van der Waals surface area (Å²) in [5, 5.41) is 3.46. The Bertz CT molecular complexity index is 436. The van der Waals surface area contributed by atoms with Gasteiger partial charge in [0.05, 0.1) is 10.7 Å². The Labute approximate surface area is 119 Å². The van der Waals surface area contributed by atoms with Crippen molar-refractivity contribution < 1.29 is 4.79 Å². The highest BCUT2D eigenvalue weighted by molar-refractivity contribution is 6.33. The molecule has 1 heterocycles. The summed E-state index contributed by atoms with van der Waals surface area (Å²) in [5.74, 6) is 0.0482. The number of para-hydroxylation sites is 1. The van der Waals surface area contributed by atoms with Crippen molar-refractivity contribution >= 4 is 23.2 Å². The molecule has 0 aromatic heterocycles. The second-order valence-electron chi connectivity index (χ2n) is 5.20. The van der Waals surface area contributed by atoms with Gasteiger partial charge in [-0.05, 0) is 45.0 Å². The number of hydrogen-bond acceptors (Lipinski definition) is 2. The predicted octanol–water partition coefficient (Wildman–Crippen LogP) is 3.54. The van der Waals surface area contributed by atoms with E-state index in [-0.39, 0.29) is 5.91 Å². The number of amides is 1. The van der Waals surface area contributed by atoms with E-state index in [1.165, 1.54) is 19.3 Å². The van der Waals surface area contributed by atoms with E-state index in [0.29, 0.717) is 23.2 Å². The quantitative estimate of drug-likeness (QED) is 0.915. The number of likely N-dealkylation sites (tertiary alicyclic amines) is 1. The van der Waals surface area contributed by atoms with Crippen LogP contribution in [0.4, 0.5) is 5.69 Å². The molecule has 0 aliphatic carbocycles. The molecule has 104 valence electrons. The number of nitrogens with one attached hydrogen (secondary N) is 1. The molecule has 1 fully saturated rings. The van der Waals surface area contributed by atoms with Gasteiger partial charge < -0.3 is 10.2 Å². The number of carbonyl (C=O) groups is 1. The van der Waals surface area contributed by atoms with Gasteiger partial charge in [0.15, 0.2) is 0 Å². The molecule has 1 amide bonds. The van der Waals surface area contributed by atoms with E-state index in [1.807, 2.05) is 18.2 Å². The lowest BCUT2D eigenvalue weighted by Gasteiger charge is -2.32. The summed E-state index contributed by atoms with van der Waals surface area (Å²) in [7, 11) is 2.15. The van der Waals surface area contributed by atoms with Crippen molar-refractivity contribution in [1.82, 2.24) is 4.90 Å². The van der Waals surface area contributed by atoms with Crippen LogP contribution in [0.3, 0.4) is 0 Å². The summed E-state index contributed by atoms with van der Waals surface area (Å²) >= 11 is 6.02. The monoisotopic (exact) mass is 280 g/mol. The van der Waals surface area contributed by atoms with Crippen molar-refractivity contribution in [3.05, 3.63) is 29.3 Å². The van der Waals surface area contributed by atoms with Gasteiger partial charge in [-0.1, -0.05) is 30.2 Å². The fraction of sp³-hybridized carbons (Fsp3) is 0.533. The number of anilines is 1. The number of hydrogen-bond donors (Lipinski definition) is 1. The minimum Gasteiger partial charge on any atom is -0.325 e. The molecule has 1 aliphatic rings. The molecule has 0 saturated carbocycles. The molecule has 2 rings (SSSR count). The van der Waals surface area contributed by atoms with Crippen LogP contribution in [0.25, 0.3) is 0 Å². The molecule has 1 aromatic carbocycles. The van der Waals surface area contributed by atoms with E-state index >= 15 is 0 Å².